The fourth-order valence-electron chi connectivity index (χ4n) is 3.14. The molecule has 5 heteroatoms. The average Bonchev–Trinajstić information content (AvgIpc) is 2.68. The predicted octanol–water partition coefficient (Wildman–Crippen LogP) is 4.98. The van der Waals surface area contributed by atoms with Crippen LogP contribution in [0.1, 0.15) is 22.7 Å². The van der Waals surface area contributed by atoms with Crippen LogP contribution >= 0.6 is 0 Å². The van der Waals surface area contributed by atoms with E-state index in [1.165, 1.54) is 12.1 Å². The minimum Gasteiger partial charge on any atom is -0.505 e. The Bertz CT molecular complexity index is 1100. The van der Waals surface area contributed by atoms with Crippen molar-refractivity contribution in [3.63, 3.8) is 0 Å². The summed E-state index contributed by atoms with van der Waals surface area (Å²) in [5, 5.41) is 15.1. The molecule has 0 saturated heterocycles. The smallest absolute Gasteiger partial charge is 0.147 e. The lowest BCUT2D eigenvalue weighted by molar-refractivity contribution is 0.471. The molecule has 4 aromatic rings. The Morgan fingerprint density at radius 2 is 1.78 bits per heavy atom. The van der Waals surface area contributed by atoms with Gasteiger partial charge in [0.25, 0.3) is 0 Å². The monoisotopic (exact) mass is 359 g/mol. The molecule has 0 spiro atoms. The second kappa shape index (κ2) is 7.03. The maximum Gasteiger partial charge on any atom is 0.147 e. The molecule has 0 radical (unpaired) electrons. The molecule has 4 rings (SSSR count). The lowest BCUT2D eigenvalue weighted by atomic mass is 9.96. The van der Waals surface area contributed by atoms with Crippen molar-refractivity contribution in [3.05, 3.63) is 95.6 Å². The minimum atomic E-state index is -0.411. The van der Waals surface area contributed by atoms with Gasteiger partial charge in [-0.25, -0.2) is 9.37 Å². The molecular formula is C22H18FN3O. The van der Waals surface area contributed by atoms with E-state index < -0.39 is 6.04 Å². The summed E-state index contributed by atoms with van der Waals surface area (Å²) in [6.07, 6.45) is 3.37. The zero-order valence-electron chi connectivity index (χ0n) is 14.7. The molecule has 0 bridgehead atoms. The number of phenols is 1. The summed E-state index contributed by atoms with van der Waals surface area (Å²) in [5.74, 6) is 0.461. The van der Waals surface area contributed by atoms with Gasteiger partial charge in [0.2, 0.25) is 0 Å². The summed E-state index contributed by atoms with van der Waals surface area (Å²) >= 11 is 0. The molecule has 0 unspecified atom stereocenters. The third kappa shape index (κ3) is 3.44. The molecule has 2 heterocycles. The van der Waals surface area contributed by atoms with E-state index in [1.807, 2.05) is 43.3 Å². The summed E-state index contributed by atoms with van der Waals surface area (Å²) in [4.78, 5) is 8.66. The number of aryl methyl sites for hydroxylation is 1. The first kappa shape index (κ1) is 17.0. The van der Waals surface area contributed by atoms with Crippen molar-refractivity contribution in [2.24, 2.45) is 0 Å². The number of benzene rings is 2. The molecule has 2 N–H and O–H groups in total. The number of hydrogen-bond donors (Lipinski definition) is 2. The van der Waals surface area contributed by atoms with Crippen LogP contribution in [0, 0.1) is 12.7 Å². The van der Waals surface area contributed by atoms with E-state index in [0.717, 1.165) is 16.5 Å². The first-order valence-corrected chi connectivity index (χ1v) is 8.63. The number of anilines is 1. The Balaban J connectivity index is 1.84. The maximum absolute atomic E-state index is 13.4. The molecule has 0 fully saturated rings. The van der Waals surface area contributed by atoms with E-state index in [4.69, 9.17) is 0 Å². The largest absolute Gasteiger partial charge is 0.505 e. The topological polar surface area (TPSA) is 58.0 Å². The third-order valence-electron chi connectivity index (χ3n) is 4.50. The average molecular weight is 359 g/mol. The van der Waals surface area contributed by atoms with Gasteiger partial charge in [-0.05, 0) is 48.4 Å². The highest BCUT2D eigenvalue weighted by molar-refractivity contribution is 5.86. The molecule has 2 aromatic carbocycles. The highest BCUT2D eigenvalue weighted by Gasteiger charge is 2.20. The predicted molar refractivity (Wildman–Crippen MR) is 104 cm³/mol. The first-order chi connectivity index (χ1) is 13.1. The van der Waals surface area contributed by atoms with Gasteiger partial charge in [-0.15, -0.1) is 0 Å². The molecule has 4 nitrogen and oxygen atoms in total. The van der Waals surface area contributed by atoms with Crippen molar-refractivity contribution >= 4 is 16.7 Å². The molecule has 0 amide bonds. The molecular weight excluding hydrogens is 341 g/mol. The quantitative estimate of drug-likeness (QED) is 0.539. The van der Waals surface area contributed by atoms with Crippen LogP contribution in [0.2, 0.25) is 0 Å². The number of halogens is 1. The first-order valence-electron chi connectivity index (χ1n) is 8.63. The summed E-state index contributed by atoms with van der Waals surface area (Å²) in [7, 11) is 0. The second-order valence-electron chi connectivity index (χ2n) is 6.43. The molecule has 2 aromatic heterocycles. The van der Waals surface area contributed by atoms with E-state index >= 15 is 0 Å². The van der Waals surface area contributed by atoms with Crippen molar-refractivity contribution in [2.75, 3.05) is 5.32 Å². The molecule has 0 aliphatic rings. The lowest BCUT2D eigenvalue weighted by Gasteiger charge is -2.22. The van der Waals surface area contributed by atoms with Crippen molar-refractivity contribution < 1.29 is 9.50 Å². The Labute approximate surface area is 156 Å². The van der Waals surface area contributed by atoms with Gasteiger partial charge < -0.3 is 10.4 Å². The number of nitrogens with one attached hydrogen (secondary N) is 1. The van der Waals surface area contributed by atoms with Crippen LogP contribution in [-0.2, 0) is 0 Å². The van der Waals surface area contributed by atoms with Crippen molar-refractivity contribution in [3.8, 4) is 5.75 Å². The molecule has 27 heavy (non-hydrogen) atoms. The summed E-state index contributed by atoms with van der Waals surface area (Å²) < 4.78 is 13.4. The fourth-order valence-corrected chi connectivity index (χ4v) is 3.14. The number of fused-ring (bicyclic) bond motifs is 1. The van der Waals surface area contributed by atoms with E-state index in [9.17, 15) is 9.50 Å². The standard InChI is InChI=1S/C22H18FN3O/c1-14-10-12-24-19(13-14)26-20(16-4-7-17(23)8-5-16)18-9-6-15-3-2-11-25-21(15)22(18)27/h2-13,20,27H,1H3,(H,24,26)/t20-/m1/s1. The Morgan fingerprint density at radius 3 is 2.56 bits per heavy atom. The van der Waals surface area contributed by atoms with E-state index in [1.54, 1.807) is 24.5 Å². The van der Waals surface area contributed by atoms with E-state index in [2.05, 4.69) is 15.3 Å². The van der Waals surface area contributed by atoms with Crippen LogP contribution in [-0.4, -0.2) is 15.1 Å². The van der Waals surface area contributed by atoms with Crippen LogP contribution in [0.3, 0.4) is 0 Å². The lowest BCUT2D eigenvalue weighted by Crippen LogP contribution is -2.14. The zero-order valence-corrected chi connectivity index (χ0v) is 14.7. The van der Waals surface area contributed by atoms with Crippen molar-refractivity contribution in [2.45, 2.75) is 13.0 Å². The van der Waals surface area contributed by atoms with Crippen molar-refractivity contribution in [1.82, 2.24) is 9.97 Å². The van der Waals surface area contributed by atoms with E-state index in [-0.39, 0.29) is 11.6 Å². The van der Waals surface area contributed by atoms with Gasteiger partial charge in [0.05, 0.1) is 6.04 Å². The van der Waals surface area contributed by atoms with Crippen LogP contribution in [0.15, 0.2) is 73.1 Å². The van der Waals surface area contributed by atoms with Gasteiger partial charge in [0.1, 0.15) is 22.9 Å². The number of hydrogen-bond acceptors (Lipinski definition) is 4. The summed E-state index contributed by atoms with van der Waals surface area (Å²) in [6.45, 7) is 1.98. The second-order valence-corrected chi connectivity index (χ2v) is 6.43. The number of rotatable bonds is 4. The Kier molecular flexibility index (Phi) is 4.42. The van der Waals surface area contributed by atoms with Gasteiger partial charge >= 0.3 is 0 Å². The van der Waals surface area contributed by atoms with Crippen LogP contribution in [0.4, 0.5) is 10.2 Å². The fraction of sp³-hybridized carbons (Fsp3) is 0.0909. The van der Waals surface area contributed by atoms with Gasteiger partial charge in [0, 0.05) is 23.3 Å². The molecule has 0 saturated carbocycles. The molecule has 0 aliphatic carbocycles. The SMILES string of the molecule is Cc1ccnc(N[C@H](c2ccc(F)cc2)c2ccc3cccnc3c2O)c1. The third-order valence-corrected chi connectivity index (χ3v) is 4.50. The number of nitrogens with zero attached hydrogens (tertiary/aromatic N) is 2. The highest BCUT2D eigenvalue weighted by Crippen LogP contribution is 2.36. The Morgan fingerprint density at radius 1 is 0.963 bits per heavy atom. The highest BCUT2D eigenvalue weighted by atomic mass is 19.1. The van der Waals surface area contributed by atoms with Gasteiger partial charge in [-0.1, -0.05) is 30.3 Å². The minimum absolute atomic E-state index is 0.0996. The summed E-state index contributed by atoms with van der Waals surface area (Å²) in [6, 6.07) is 17.1. The number of aromatic nitrogens is 2. The van der Waals surface area contributed by atoms with Gasteiger partial charge in [-0.3, -0.25) is 4.98 Å². The number of aromatic hydroxyl groups is 1. The van der Waals surface area contributed by atoms with Gasteiger partial charge in [-0.2, -0.15) is 0 Å². The van der Waals surface area contributed by atoms with Crippen LogP contribution in [0.25, 0.3) is 10.9 Å². The van der Waals surface area contributed by atoms with Crippen LogP contribution < -0.4 is 5.32 Å². The van der Waals surface area contributed by atoms with Gasteiger partial charge in [0.15, 0.2) is 0 Å². The van der Waals surface area contributed by atoms with Crippen molar-refractivity contribution in [1.29, 1.82) is 0 Å². The maximum atomic E-state index is 13.4. The molecule has 0 aliphatic heterocycles. The number of pyridine rings is 2. The van der Waals surface area contributed by atoms with E-state index in [0.29, 0.717) is 16.9 Å². The normalized spacial score (nSPS) is 12.1. The number of phenolic OH excluding ortho intramolecular Hbond substituents is 1. The zero-order chi connectivity index (χ0) is 18.8. The Hall–Kier alpha value is -3.47. The van der Waals surface area contributed by atoms with Crippen LogP contribution in [0.5, 0.6) is 5.75 Å². The molecule has 1 atom stereocenters. The summed E-state index contributed by atoms with van der Waals surface area (Å²) in [5.41, 5.74) is 3.05. The molecule has 134 valence electrons.